The zero-order chi connectivity index (χ0) is 20.2. The van der Waals surface area contributed by atoms with E-state index in [1.165, 1.54) is 22.3 Å². The number of nitrogens with one attached hydrogen (secondary N) is 2. The molecule has 0 radical (unpaired) electrons. The van der Waals surface area contributed by atoms with Crippen LogP contribution in [0.1, 0.15) is 24.0 Å². The van der Waals surface area contributed by atoms with Crippen LogP contribution in [0.2, 0.25) is 0 Å². The smallest absolute Gasteiger partial charge is 0.407 e. The molecule has 0 aliphatic heterocycles. The van der Waals surface area contributed by atoms with Crippen LogP contribution in [0.25, 0.3) is 11.1 Å². The first kappa shape index (κ1) is 19.2. The third-order valence-electron chi connectivity index (χ3n) is 5.11. The van der Waals surface area contributed by atoms with Gasteiger partial charge >= 0.3 is 6.09 Å². The number of benzene rings is 3. The van der Waals surface area contributed by atoms with Crippen LogP contribution in [-0.2, 0) is 4.74 Å². The van der Waals surface area contributed by atoms with E-state index >= 15 is 0 Å². The van der Waals surface area contributed by atoms with E-state index in [1.807, 2.05) is 61.5 Å². The molecule has 29 heavy (non-hydrogen) atoms. The number of carbonyl (C=O) groups excluding carboxylic acids is 1. The molecule has 5 heteroatoms. The van der Waals surface area contributed by atoms with E-state index in [4.69, 9.17) is 17.0 Å². The number of fused-ring (bicyclic) bond motifs is 3. The average Bonchev–Trinajstić information content (AvgIpc) is 3.07. The number of para-hydroxylation sites is 1. The Bertz CT molecular complexity index is 990. The number of rotatable bonds is 5. The molecule has 0 saturated carbocycles. The zero-order valence-corrected chi connectivity index (χ0v) is 16.9. The standard InChI is InChI=1S/C24H22N2O2S/c1-16(23(29)26-17-9-3-2-4-10-17)25-24(27)28-15-22-20-13-7-5-11-18(20)19-12-6-8-14-21(19)22/h2-14,16,22H,15H2,1H3,(H,25,27)(H,26,29)/t16-/m0/s1. The van der Waals surface area contributed by atoms with Gasteiger partial charge in [-0.25, -0.2) is 4.79 Å². The lowest BCUT2D eigenvalue weighted by atomic mass is 9.98. The first-order valence-electron chi connectivity index (χ1n) is 9.61. The zero-order valence-electron chi connectivity index (χ0n) is 16.1. The molecule has 3 aromatic carbocycles. The number of hydrogen-bond donors (Lipinski definition) is 2. The molecule has 4 rings (SSSR count). The van der Waals surface area contributed by atoms with E-state index in [1.54, 1.807) is 0 Å². The van der Waals surface area contributed by atoms with Gasteiger partial charge < -0.3 is 15.4 Å². The summed E-state index contributed by atoms with van der Waals surface area (Å²) in [4.78, 5) is 12.9. The van der Waals surface area contributed by atoms with Crippen LogP contribution < -0.4 is 10.6 Å². The predicted octanol–water partition coefficient (Wildman–Crippen LogP) is 5.35. The summed E-state index contributed by atoms with van der Waals surface area (Å²) in [7, 11) is 0. The fraction of sp³-hybridized carbons (Fsp3) is 0.167. The van der Waals surface area contributed by atoms with Crippen LogP contribution in [0.3, 0.4) is 0 Å². The Hall–Kier alpha value is -3.18. The topological polar surface area (TPSA) is 50.4 Å². The molecule has 1 aliphatic rings. The largest absolute Gasteiger partial charge is 0.449 e. The van der Waals surface area contributed by atoms with Gasteiger partial charge in [0.25, 0.3) is 0 Å². The summed E-state index contributed by atoms with van der Waals surface area (Å²) in [5, 5.41) is 5.94. The second-order valence-corrected chi connectivity index (χ2v) is 7.49. The van der Waals surface area contributed by atoms with Crippen LogP contribution in [0.15, 0.2) is 78.9 Å². The van der Waals surface area contributed by atoms with Gasteiger partial charge in [0.2, 0.25) is 0 Å². The van der Waals surface area contributed by atoms with E-state index in [0.717, 1.165) is 5.69 Å². The van der Waals surface area contributed by atoms with E-state index in [0.29, 0.717) is 4.99 Å². The Labute approximate surface area is 175 Å². The summed E-state index contributed by atoms with van der Waals surface area (Å²) < 4.78 is 5.57. The Morgan fingerprint density at radius 1 is 0.931 bits per heavy atom. The van der Waals surface area contributed by atoms with Gasteiger partial charge in [-0.1, -0.05) is 78.9 Å². The highest BCUT2D eigenvalue weighted by atomic mass is 32.1. The van der Waals surface area contributed by atoms with Gasteiger partial charge in [0, 0.05) is 11.6 Å². The van der Waals surface area contributed by atoms with Gasteiger partial charge in [0.15, 0.2) is 0 Å². The summed E-state index contributed by atoms with van der Waals surface area (Å²) in [6.07, 6.45) is -0.475. The van der Waals surface area contributed by atoms with Crippen LogP contribution in [0.4, 0.5) is 10.5 Å². The van der Waals surface area contributed by atoms with Crippen molar-refractivity contribution in [3.05, 3.63) is 90.0 Å². The molecular weight excluding hydrogens is 380 g/mol. The van der Waals surface area contributed by atoms with Gasteiger partial charge in [0.05, 0.1) is 6.04 Å². The Morgan fingerprint density at radius 3 is 2.10 bits per heavy atom. The molecule has 0 spiro atoms. The maximum atomic E-state index is 12.4. The predicted molar refractivity (Wildman–Crippen MR) is 120 cm³/mol. The molecule has 2 N–H and O–H groups in total. The average molecular weight is 403 g/mol. The summed E-state index contributed by atoms with van der Waals surface area (Å²) in [6.45, 7) is 2.12. The second kappa shape index (κ2) is 8.45. The minimum absolute atomic E-state index is 0.0397. The number of hydrogen-bond acceptors (Lipinski definition) is 3. The fourth-order valence-corrected chi connectivity index (χ4v) is 3.83. The van der Waals surface area contributed by atoms with Crippen molar-refractivity contribution in [1.82, 2.24) is 5.32 Å². The lowest BCUT2D eigenvalue weighted by Crippen LogP contribution is -2.41. The Balaban J connectivity index is 1.37. The van der Waals surface area contributed by atoms with E-state index < -0.39 is 6.09 Å². The number of ether oxygens (including phenoxy) is 1. The molecule has 0 heterocycles. The lowest BCUT2D eigenvalue weighted by molar-refractivity contribution is 0.142. The lowest BCUT2D eigenvalue weighted by Gasteiger charge is -2.18. The molecule has 146 valence electrons. The van der Waals surface area contributed by atoms with Crippen molar-refractivity contribution < 1.29 is 9.53 Å². The molecule has 1 amide bonds. The molecule has 1 atom stereocenters. The quantitative estimate of drug-likeness (QED) is 0.565. The van der Waals surface area contributed by atoms with E-state index in [-0.39, 0.29) is 18.6 Å². The molecule has 0 bridgehead atoms. The van der Waals surface area contributed by atoms with Gasteiger partial charge in [-0.2, -0.15) is 0 Å². The van der Waals surface area contributed by atoms with E-state index in [2.05, 4.69) is 34.9 Å². The maximum Gasteiger partial charge on any atom is 0.407 e. The molecule has 0 unspecified atom stereocenters. The van der Waals surface area contributed by atoms with Crippen molar-refractivity contribution in [2.24, 2.45) is 0 Å². The first-order valence-corrected chi connectivity index (χ1v) is 10.0. The number of amides is 1. The second-order valence-electron chi connectivity index (χ2n) is 7.05. The highest BCUT2D eigenvalue weighted by Gasteiger charge is 2.29. The molecule has 4 nitrogen and oxygen atoms in total. The van der Waals surface area contributed by atoms with Crippen molar-refractivity contribution in [3.63, 3.8) is 0 Å². The normalized spacial score (nSPS) is 13.1. The van der Waals surface area contributed by atoms with Crippen molar-refractivity contribution >= 4 is 29.0 Å². The van der Waals surface area contributed by atoms with Crippen molar-refractivity contribution in [1.29, 1.82) is 0 Å². The maximum absolute atomic E-state index is 12.4. The molecule has 0 saturated heterocycles. The number of thiocarbonyl (C=S) groups is 1. The summed E-state index contributed by atoms with van der Waals surface area (Å²) in [5.74, 6) is 0.0397. The molecule has 0 fully saturated rings. The third-order valence-corrected chi connectivity index (χ3v) is 5.57. The summed E-state index contributed by atoms with van der Waals surface area (Å²) >= 11 is 5.39. The Kier molecular flexibility index (Phi) is 5.58. The van der Waals surface area contributed by atoms with Gasteiger partial charge in [-0.15, -0.1) is 0 Å². The number of carbonyl (C=O) groups is 1. The molecule has 3 aromatic rings. The van der Waals surface area contributed by atoms with Crippen molar-refractivity contribution in [2.45, 2.75) is 18.9 Å². The van der Waals surface area contributed by atoms with Crippen molar-refractivity contribution in [3.8, 4) is 11.1 Å². The van der Waals surface area contributed by atoms with Crippen LogP contribution in [0.5, 0.6) is 0 Å². The highest BCUT2D eigenvalue weighted by Crippen LogP contribution is 2.44. The SMILES string of the molecule is C[C@H](NC(=O)OCC1c2ccccc2-c2ccccc21)C(=S)Nc1ccccc1. The van der Waals surface area contributed by atoms with Gasteiger partial charge in [0.1, 0.15) is 11.6 Å². The fourth-order valence-electron chi connectivity index (χ4n) is 3.65. The van der Waals surface area contributed by atoms with Gasteiger partial charge in [-0.05, 0) is 41.3 Å². The minimum atomic E-state index is -0.475. The van der Waals surface area contributed by atoms with Crippen LogP contribution in [-0.4, -0.2) is 23.7 Å². The summed E-state index contributed by atoms with van der Waals surface area (Å²) in [5.41, 5.74) is 5.68. The van der Waals surface area contributed by atoms with Crippen LogP contribution in [0, 0.1) is 0 Å². The first-order chi connectivity index (χ1) is 14.1. The third kappa shape index (κ3) is 4.15. The van der Waals surface area contributed by atoms with Crippen molar-refractivity contribution in [2.75, 3.05) is 11.9 Å². The number of anilines is 1. The molecule has 0 aromatic heterocycles. The minimum Gasteiger partial charge on any atom is -0.449 e. The summed E-state index contributed by atoms with van der Waals surface area (Å²) in [6, 6.07) is 25.8. The number of alkyl carbamates (subject to hydrolysis) is 1. The van der Waals surface area contributed by atoms with Crippen LogP contribution >= 0.6 is 12.2 Å². The monoisotopic (exact) mass is 402 g/mol. The Morgan fingerprint density at radius 2 is 1.48 bits per heavy atom. The van der Waals surface area contributed by atoms with E-state index in [9.17, 15) is 4.79 Å². The molecule has 1 aliphatic carbocycles. The molecular formula is C24H22N2O2S. The van der Waals surface area contributed by atoms with Gasteiger partial charge in [-0.3, -0.25) is 0 Å². The highest BCUT2D eigenvalue weighted by molar-refractivity contribution is 7.80.